The molecule has 0 radical (unpaired) electrons. The molecule has 6 nitrogen and oxygen atoms in total. The molecule has 0 aliphatic heterocycles. The van der Waals surface area contributed by atoms with Crippen LogP contribution in [0.15, 0.2) is 47.6 Å². The molecule has 0 atom stereocenters. The van der Waals surface area contributed by atoms with Crippen molar-refractivity contribution in [3.05, 3.63) is 63.6 Å². The number of para-hydroxylation sites is 1. The lowest BCUT2D eigenvalue weighted by Crippen LogP contribution is -2.17. The van der Waals surface area contributed by atoms with Gasteiger partial charge in [0.2, 0.25) is 5.16 Å². The van der Waals surface area contributed by atoms with Crippen LogP contribution in [-0.2, 0) is 20.2 Å². The summed E-state index contributed by atoms with van der Waals surface area (Å²) in [5.41, 5.74) is 1.99. The maximum absolute atomic E-state index is 6.21. The van der Waals surface area contributed by atoms with E-state index in [1.54, 1.807) is 22.5 Å². The number of aryl methyl sites for hydroxylation is 1. The van der Waals surface area contributed by atoms with Gasteiger partial charge in [0.05, 0.1) is 0 Å². The topological polar surface area (TPSA) is 64.9 Å². The molecule has 0 aliphatic rings. The smallest absolute Gasteiger partial charge is 0.209 e. The first-order chi connectivity index (χ1) is 13.1. The molecular weight excluding hydrogens is 405 g/mol. The first-order valence-electron chi connectivity index (χ1n) is 8.34. The molecule has 3 aromatic rings. The molecule has 9 heteroatoms. The highest BCUT2D eigenvalue weighted by atomic mass is 35.5. The van der Waals surface area contributed by atoms with Crippen LogP contribution >= 0.6 is 35.0 Å². The van der Waals surface area contributed by atoms with E-state index < -0.39 is 0 Å². The Bertz CT molecular complexity index is 890. The van der Waals surface area contributed by atoms with Crippen molar-refractivity contribution in [3.8, 4) is 5.75 Å². The van der Waals surface area contributed by atoms with Crippen LogP contribution in [0.5, 0.6) is 5.75 Å². The molecule has 3 rings (SSSR count). The van der Waals surface area contributed by atoms with Crippen molar-refractivity contribution >= 4 is 35.0 Å². The lowest BCUT2D eigenvalue weighted by molar-refractivity contribution is 0.302. The number of rotatable bonds is 9. The molecule has 0 unspecified atom stereocenters. The van der Waals surface area contributed by atoms with Gasteiger partial charge in [0.1, 0.15) is 12.4 Å². The summed E-state index contributed by atoms with van der Waals surface area (Å²) in [6.07, 6.45) is 0. The summed E-state index contributed by atoms with van der Waals surface area (Å²) >= 11 is 13.8. The fourth-order valence-electron chi connectivity index (χ4n) is 2.37. The Hall–Kier alpha value is -1.80. The summed E-state index contributed by atoms with van der Waals surface area (Å²) in [5, 5.41) is 16.8. The van der Waals surface area contributed by atoms with Crippen molar-refractivity contribution in [2.75, 3.05) is 12.3 Å². The van der Waals surface area contributed by atoms with Crippen LogP contribution in [0, 0.1) is 0 Å². The van der Waals surface area contributed by atoms with Gasteiger partial charge in [0, 0.05) is 47.1 Å². The van der Waals surface area contributed by atoms with Crippen LogP contribution < -0.4 is 10.1 Å². The number of hydrogen-bond acceptors (Lipinski definition) is 6. The van der Waals surface area contributed by atoms with Gasteiger partial charge in [-0.2, -0.15) is 0 Å². The van der Waals surface area contributed by atoms with E-state index in [4.69, 9.17) is 27.9 Å². The molecule has 0 saturated heterocycles. The quantitative estimate of drug-likeness (QED) is 0.414. The van der Waals surface area contributed by atoms with Crippen LogP contribution in [-0.4, -0.2) is 32.5 Å². The van der Waals surface area contributed by atoms with Gasteiger partial charge in [0.25, 0.3) is 0 Å². The van der Waals surface area contributed by atoms with Crippen LogP contribution in [0.4, 0.5) is 0 Å². The number of aromatic nitrogens is 4. The minimum atomic E-state index is 0.391. The summed E-state index contributed by atoms with van der Waals surface area (Å²) in [5.74, 6) is 1.71. The van der Waals surface area contributed by atoms with Gasteiger partial charge in [-0.1, -0.05) is 59.2 Å². The molecule has 0 bridgehead atoms. The zero-order valence-corrected chi connectivity index (χ0v) is 17.1. The maximum Gasteiger partial charge on any atom is 0.209 e. The molecule has 1 aromatic heterocycles. The Morgan fingerprint density at radius 3 is 2.78 bits per heavy atom. The van der Waals surface area contributed by atoms with Crippen LogP contribution in [0.1, 0.15) is 11.1 Å². The monoisotopic (exact) mass is 423 g/mol. The zero-order valence-electron chi connectivity index (χ0n) is 14.7. The zero-order chi connectivity index (χ0) is 19.1. The van der Waals surface area contributed by atoms with E-state index in [0.29, 0.717) is 23.2 Å². The molecule has 0 aliphatic carbocycles. The highest BCUT2D eigenvalue weighted by Gasteiger charge is 2.07. The molecule has 1 N–H and O–H groups in total. The lowest BCUT2D eigenvalue weighted by atomic mass is 10.2. The Morgan fingerprint density at radius 2 is 2.00 bits per heavy atom. The van der Waals surface area contributed by atoms with E-state index in [-0.39, 0.29) is 0 Å². The number of halogens is 2. The van der Waals surface area contributed by atoms with Gasteiger partial charge >= 0.3 is 0 Å². The van der Waals surface area contributed by atoms with Gasteiger partial charge in [-0.3, -0.25) is 0 Å². The van der Waals surface area contributed by atoms with Crippen molar-refractivity contribution in [1.82, 2.24) is 25.5 Å². The van der Waals surface area contributed by atoms with Crippen LogP contribution in [0.3, 0.4) is 0 Å². The summed E-state index contributed by atoms with van der Waals surface area (Å²) in [7, 11) is 1.83. The minimum absolute atomic E-state index is 0.391. The number of tetrazole rings is 1. The number of benzene rings is 2. The number of thioether (sulfide) groups is 1. The second kappa shape index (κ2) is 9.94. The van der Waals surface area contributed by atoms with E-state index in [0.717, 1.165) is 34.3 Å². The predicted octanol–water partition coefficient (Wildman–Crippen LogP) is 3.98. The second-order valence-corrected chi connectivity index (χ2v) is 7.65. The van der Waals surface area contributed by atoms with Crippen LogP contribution in [0.2, 0.25) is 10.0 Å². The molecule has 142 valence electrons. The van der Waals surface area contributed by atoms with E-state index in [2.05, 4.69) is 20.8 Å². The summed E-state index contributed by atoms with van der Waals surface area (Å²) in [4.78, 5) is 0. The van der Waals surface area contributed by atoms with Gasteiger partial charge < -0.3 is 10.1 Å². The van der Waals surface area contributed by atoms with Gasteiger partial charge in [-0.15, -0.1) is 5.10 Å². The molecule has 0 spiro atoms. The van der Waals surface area contributed by atoms with E-state index in [1.807, 2.05) is 43.4 Å². The summed E-state index contributed by atoms with van der Waals surface area (Å²) < 4.78 is 7.64. The molecular formula is C18H19Cl2N5OS. The molecule has 0 amide bonds. The second-order valence-electron chi connectivity index (χ2n) is 5.74. The van der Waals surface area contributed by atoms with Gasteiger partial charge in [-0.05, 0) is 28.6 Å². The maximum atomic E-state index is 6.21. The fraction of sp³-hybridized carbons (Fsp3) is 0.278. The third kappa shape index (κ3) is 5.84. The van der Waals surface area contributed by atoms with Crippen LogP contribution in [0.25, 0.3) is 0 Å². The molecule has 2 aromatic carbocycles. The highest BCUT2D eigenvalue weighted by Crippen LogP contribution is 2.24. The third-order valence-electron chi connectivity index (χ3n) is 3.78. The number of hydrogen-bond donors (Lipinski definition) is 1. The minimum Gasteiger partial charge on any atom is -0.489 e. The average molecular weight is 424 g/mol. The Labute approximate surface area is 172 Å². The Morgan fingerprint density at radius 1 is 1.15 bits per heavy atom. The molecule has 0 saturated carbocycles. The van der Waals surface area contributed by atoms with Crippen molar-refractivity contribution in [1.29, 1.82) is 0 Å². The van der Waals surface area contributed by atoms with E-state index in [9.17, 15) is 0 Å². The third-order valence-corrected chi connectivity index (χ3v) is 5.38. The first kappa shape index (κ1) is 19.9. The summed E-state index contributed by atoms with van der Waals surface area (Å²) in [6, 6.07) is 13.4. The summed E-state index contributed by atoms with van der Waals surface area (Å²) in [6.45, 7) is 1.93. The number of nitrogens with one attached hydrogen (secondary N) is 1. The van der Waals surface area contributed by atoms with Crippen molar-refractivity contribution in [3.63, 3.8) is 0 Å². The van der Waals surface area contributed by atoms with E-state index in [1.165, 1.54) is 0 Å². The first-order valence-corrected chi connectivity index (χ1v) is 10.1. The molecule has 1 heterocycles. The lowest BCUT2D eigenvalue weighted by Gasteiger charge is -2.13. The number of nitrogens with zero attached hydrogens (tertiary/aromatic N) is 4. The largest absolute Gasteiger partial charge is 0.489 e. The normalized spacial score (nSPS) is 10.9. The Balaban J connectivity index is 1.49. The highest BCUT2D eigenvalue weighted by molar-refractivity contribution is 7.99. The molecule has 27 heavy (non-hydrogen) atoms. The van der Waals surface area contributed by atoms with Crippen molar-refractivity contribution in [2.24, 2.45) is 7.05 Å². The standard InChI is InChI=1S/C18H19Cl2N5OS/c1-25-18(22-23-24-25)27-9-8-21-11-13-4-2-3-5-17(13)26-12-14-6-7-15(19)10-16(14)20/h2-7,10,21H,8-9,11-12H2,1H3. The average Bonchev–Trinajstić information content (AvgIpc) is 3.06. The van der Waals surface area contributed by atoms with Gasteiger partial charge in [-0.25, -0.2) is 4.68 Å². The Kier molecular flexibility index (Phi) is 7.34. The van der Waals surface area contributed by atoms with Crippen molar-refractivity contribution < 1.29 is 4.74 Å². The number of ether oxygens (including phenoxy) is 1. The predicted molar refractivity (Wildman–Crippen MR) is 108 cm³/mol. The van der Waals surface area contributed by atoms with Gasteiger partial charge in [0.15, 0.2) is 0 Å². The SMILES string of the molecule is Cn1nnnc1SCCNCc1ccccc1OCc1ccc(Cl)cc1Cl. The fourth-order valence-corrected chi connectivity index (χ4v) is 3.58. The van der Waals surface area contributed by atoms with E-state index >= 15 is 0 Å². The van der Waals surface area contributed by atoms with Crippen molar-refractivity contribution in [2.45, 2.75) is 18.3 Å². The molecule has 0 fully saturated rings.